The lowest BCUT2D eigenvalue weighted by molar-refractivity contribution is -0.140. The number of hydrogen-bond donors (Lipinski definition) is 1. The Labute approximate surface area is 170 Å². The zero-order valence-corrected chi connectivity index (χ0v) is 16.4. The van der Waals surface area contributed by atoms with E-state index in [1.165, 1.54) is 28.6 Å². The number of morpholine rings is 1. The zero-order chi connectivity index (χ0) is 21.9. The first-order valence-corrected chi connectivity index (χ1v) is 10.3. The molecular weight excluding hydrogens is 428 g/mol. The topological polar surface area (TPSA) is 75.7 Å². The molecular formula is C19H18F4N2O4S. The molecule has 0 radical (unpaired) electrons. The Morgan fingerprint density at radius 1 is 1.07 bits per heavy atom. The van der Waals surface area contributed by atoms with Crippen LogP contribution in [0.2, 0.25) is 0 Å². The minimum Gasteiger partial charge on any atom is -0.379 e. The predicted octanol–water partition coefficient (Wildman–Crippen LogP) is 2.80. The Kier molecular flexibility index (Phi) is 6.44. The standard InChI is InChI=1S/C19H18F4N2O4S/c20-17-6-3-14(11-16(17)19(21,22)23)18(26)24-12-13-1-4-15(5-2-13)30(27,28)25-7-9-29-10-8-25/h1-6,11H,7-10,12H2,(H,24,26). The van der Waals surface area contributed by atoms with E-state index in [1.807, 2.05) is 0 Å². The van der Waals surface area contributed by atoms with Crippen LogP contribution in [0.4, 0.5) is 17.6 Å². The lowest BCUT2D eigenvalue weighted by Gasteiger charge is -2.26. The molecule has 0 aliphatic carbocycles. The molecule has 2 aromatic rings. The number of alkyl halides is 3. The van der Waals surface area contributed by atoms with E-state index in [9.17, 15) is 30.8 Å². The van der Waals surface area contributed by atoms with Gasteiger partial charge in [0.25, 0.3) is 5.91 Å². The van der Waals surface area contributed by atoms with Crippen LogP contribution >= 0.6 is 0 Å². The van der Waals surface area contributed by atoms with Crippen molar-refractivity contribution in [1.29, 1.82) is 0 Å². The first-order chi connectivity index (χ1) is 14.1. The van der Waals surface area contributed by atoms with E-state index in [2.05, 4.69) is 5.32 Å². The van der Waals surface area contributed by atoms with E-state index in [4.69, 9.17) is 4.74 Å². The van der Waals surface area contributed by atoms with Crippen LogP contribution in [0.3, 0.4) is 0 Å². The second-order valence-electron chi connectivity index (χ2n) is 6.54. The third kappa shape index (κ3) is 4.97. The molecule has 1 N–H and O–H groups in total. The fourth-order valence-corrected chi connectivity index (χ4v) is 4.29. The van der Waals surface area contributed by atoms with Crippen molar-refractivity contribution >= 4 is 15.9 Å². The van der Waals surface area contributed by atoms with Gasteiger partial charge in [-0.3, -0.25) is 4.79 Å². The number of hydrogen-bond acceptors (Lipinski definition) is 4. The summed E-state index contributed by atoms with van der Waals surface area (Å²) in [6.07, 6.45) is -4.91. The molecule has 0 unspecified atom stereocenters. The highest BCUT2D eigenvalue weighted by molar-refractivity contribution is 7.89. The number of sulfonamides is 1. The molecule has 3 rings (SSSR count). The minimum atomic E-state index is -4.91. The van der Waals surface area contributed by atoms with Gasteiger partial charge in [0, 0.05) is 25.2 Å². The second kappa shape index (κ2) is 8.70. The molecule has 0 aromatic heterocycles. The van der Waals surface area contributed by atoms with Gasteiger partial charge in [-0.25, -0.2) is 12.8 Å². The molecule has 162 valence electrons. The molecule has 0 spiro atoms. The summed E-state index contributed by atoms with van der Waals surface area (Å²) in [5.41, 5.74) is -1.31. The normalized spacial score (nSPS) is 15.7. The van der Waals surface area contributed by atoms with Crippen LogP contribution < -0.4 is 5.32 Å². The Morgan fingerprint density at radius 3 is 2.30 bits per heavy atom. The van der Waals surface area contributed by atoms with Crippen LogP contribution in [0.1, 0.15) is 21.5 Å². The summed E-state index contributed by atoms with van der Waals surface area (Å²) in [4.78, 5) is 12.2. The van der Waals surface area contributed by atoms with Crippen LogP contribution in [0, 0.1) is 5.82 Å². The van der Waals surface area contributed by atoms with Crippen molar-refractivity contribution in [3.63, 3.8) is 0 Å². The van der Waals surface area contributed by atoms with Crippen LogP contribution in [-0.4, -0.2) is 44.9 Å². The molecule has 0 bridgehead atoms. The van der Waals surface area contributed by atoms with Crippen LogP contribution in [0.15, 0.2) is 47.4 Å². The third-order valence-electron chi connectivity index (χ3n) is 4.52. The number of halogens is 4. The van der Waals surface area contributed by atoms with Gasteiger partial charge in [0.1, 0.15) is 5.82 Å². The maximum absolute atomic E-state index is 13.3. The molecule has 2 aromatic carbocycles. The Bertz CT molecular complexity index is 1020. The summed E-state index contributed by atoms with van der Waals surface area (Å²) >= 11 is 0. The van der Waals surface area contributed by atoms with E-state index >= 15 is 0 Å². The van der Waals surface area contributed by atoms with E-state index in [-0.39, 0.29) is 30.1 Å². The monoisotopic (exact) mass is 446 g/mol. The van der Waals surface area contributed by atoms with Gasteiger partial charge in [-0.05, 0) is 35.9 Å². The number of carbonyl (C=O) groups excluding carboxylic acids is 1. The summed E-state index contributed by atoms with van der Waals surface area (Å²) < 4.78 is 83.3. The lowest BCUT2D eigenvalue weighted by atomic mass is 10.1. The van der Waals surface area contributed by atoms with Crippen molar-refractivity contribution in [2.75, 3.05) is 26.3 Å². The average molecular weight is 446 g/mol. The van der Waals surface area contributed by atoms with Crippen molar-refractivity contribution in [1.82, 2.24) is 9.62 Å². The van der Waals surface area contributed by atoms with Gasteiger partial charge in [0.2, 0.25) is 10.0 Å². The van der Waals surface area contributed by atoms with Crippen molar-refractivity contribution in [3.8, 4) is 0 Å². The SMILES string of the molecule is O=C(NCc1ccc(S(=O)(=O)N2CCOCC2)cc1)c1ccc(F)c(C(F)(F)F)c1. The Balaban J connectivity index is 1.66. The summed E-state index contributed by atoms with van der Waals surface area (Å²) in [6, 6.07) is 7.78. The molecule has 6 nitrogen and oxygen atoms in total. The van der Waals surface area contributed by atoms with Crippen LogP contribution in [0.5, 0.6) is 0 Å². The number of benzene rings is 2. The number of rotatable bonds is 5. The molecule has 1 heterocycles. The summed E-state index contributed by atoms with van der Waals surface area (Å²) in [6.45, 7) is 1.12. The number of nitrogens with one attached hydrogen (secondary N) is 1. The smallest absolute Gasteiger partial charge is 0.379 e. The van der Waals surface area contributed by atoms with E-state index in [0.717, 1.165) is 6.07 Å². The zero-order valence-electron chi connectivity index (χ0n) is 15.6. The molecule has 30 heavy (non-hydrogen) atoms. The summed E-state index contributed by atoms with van der Waals surface area (Å²) in [5, 5.41) is 2.43. The third-order valence-corrected chi connectivity index (χ3v) is 6.43. The summed E-state index contributed by atoms with van der Waals surface area (Å²) in [7, 11) is -3.65. The molecule has 1 aliphatic heterocycles. The van der Waals surface area contributed by atoms with Crippen LogP contribution in [-0.2, 0) is 27.5 Å². The molecule has 1 fully saturated rings. The first kappa shape index (κ1) is 22.2. The fraction of sp³-hybridized carbons (Fsp3) is 0.316. The van der Waals surface area contributed by atoms with Crippen molar-refractivity contribution in [3.05, 3.63) is 65.0 Å². The van der Waals surface area contributed by atoms with Crippen molar-refractivity contribution < 1.29 is 35.5 Å². The van der Waals surface area contributed by atoms with Gasteiger partial charge in [-0.1, -0.05) is 12.1 Å². The number of amides is 1. The fourth-order valence-electron chi connectivity index (χ4n) is 2.88. The highest BCUT2D eigenvalue weighted by Gasteiger charge is 2.34. The molecule has 0 atom stereocenters. The van der Waals surface area contributed by atoms with Gasteiger partial charge in [-0.2, -0.15) is 17.5 Å². The maximum atomic E-state index is 13.3. The van der Waals surface area contributed by atoms with Gasteiger partial charge < -0.3 is 10.1 Å². The van der Waals surface area contributed by atoms with Crippen molar-refractivity contribution in [2.45, 2.75) is 17.6 Å². The largest absolute Gasteiger partial charge is 0.419 e. The van der Waals surface area contributed by atoms with Gasteiger partial charge >= 0.3 is 6.18 Å². The number of carbonyl (C=O) groups is 1. The van der Waals surface area contributed by atoms with Gasteiger partial charge in [-0.15, -0.1) is 0 Å². The molecule has 0 saturated carbocycles. The lowest BCUT2D eigenvalue weighted by Crippen LogP contribution is -2.40. The van der Waals surface area contributed by atoms with Gasteiger partial charge in [0.05, 0.1) is 23.7 Å². The highest BCUT2D eigenvalue weighted by Crippen LogP contribution is 2.31. The molecule has 11 heteroatoms. The number of ether oxygens (including phenoxy) is 1. The highest BCUT2D eigenvalue weighted by atomic mass is 32.2. The number of nitrogens with zero attached hydrogens (tertiary/aromatic N) is 1. The van der Waals surface area contributed by atoms with Crippen LogP contribution in [0.25, 0.3) is 0 Å². The second-order valence-corrected chi connectivity index (χ2v) is 8.47. The van der Waals surface area contributed by atoms with Crippen molar-refractivity contribution in [2.24, 2.45) is 0 Å². The Morgan fingerprint density at radius 2 is 1.70 bits per heavy atom. The first-order valence-electron chi connectivity index (χ1n) is 8.91. The van der Waals surface area contributed by atoms with Gasteiger partial charge in [0.15, 0.2) is 0 Å². The Hall–Kier alpha value is -2.50. The minimum absolute atomic E-state index is 0.0462. The van der Waals surface area contributed by atoms with E-state index < -0.39 is 33.5 Å². The quantitative estimate of drug-likeness (QED) is 0.717. The molecule has 1 aliphatic rings. The molecule has 1 saturated heterocycles. The van der Waals surface area contributed by atoms with E-state index in [1.54, 1.807) is 0 Å². The summed E-state index contributed by atoms with van der Waals surface area (Å²) in [5.74, 6) is -2.28. The maximum Gasteiger partial charge on any atom is 0.419 e. The average Bonchev–Trinajstić information content (AvgIpc) is 2.72. The van der Waals surface area contributed by atoms with E-state index in [0.29, 0.717) is 30.9 Å². The molecule has 1 amide bonds. The predicted molar refractivity (Wildman–Crippen MR) is 98.6 cm³/mol.